The van der Waals surface area contributed by atoms with Crippen LogP contribution in [-0.4, -0.2) is 17.8 Å². The number of halogens is 1. The van der Waals surface area contributed by atoms with Gasteiger partial charge in [-0.05, 0) is 24.4 Å². The molecule has 88 valence electrons. The lowest BCUT2D eigenvalue weighted by molar-refractivity contribution is -0.141. The van der Waals surface area contributed by atoms with Crippen molar-refractivity contribution in [1.29, 1.82) is 0 Å². The molecule has 0 unspecified atom stereocenters. The predicted octanol–water partition coefficient (Wildman–Crippen LogP) is 3.05. The quantitative estimate of drug-likeness (QED) is 0.350. The monoisotopic (exact) mass is 234 g/mol. The zero-order chi connectivity index (χ0) is 11.5. The van der Waals surface area contributed by atoms with Gasteiger partial charge in [0.1, 0.15) is 0 Å². The van der Waals surface area contributed by atoms with Crippen molar-refractivity contribution in [2.75, 3.05) is 6.61 Å². The van der Waals surface area contributed by atoms with Crippen molar-refractivity contribution < 1.29 is 14.3 Å². The van der Waals surface area contributed by atoms with E-state index >= 15 is 0 Å². The summed E-state index contributed by atoms with van der Waals surface area (Å²) in [6, 6.07) is 0. The molecule has 0 aliphatic carbocycles. The van der Waals surface area contributed by atoms with Gasteiger partial charge in [-0.15, -0.1) is 0 Å². The molecular formula is C11H19ClO3. The fourth-order valence-electron chi connectivity index (χ4n) is 1.29. The molecule has 4 heteroatoms. The van der Waals surface area contributed by atoms with Gasteiger partial charge in [-0.25, -0.2) is 0 Å². The Morgan fingerprint density at radius 3 is 2.07 bits per heavy atom. The second-order valence-corrected chi connectivity index (χ2v) is 3.99. The van der Waals surface area contributed by atoms with Crippen LogP contribution in [0.4, 0.5) is 0 Å². The van der Waals surface area contributed by atoms with E-state index in [1.807, 2.05) is 0 Å². The van der Waals surface area contributed by atoms with Gasteiger partial charge >= 0.3 is 5.97 Å². The van der Waals surface area contributed by atoms with Crippen LogP contribution in [0.5, 0.6) is 0 Å². The summed E-state index contributed by atoms with van der Waals surface area (Å²) in [6.07, 6.45) is 6.64. The lowest BCUT2D eigenvalue weighted by Crippen LogP contribution is -2.00. The molecule has 0 heterocycles. The maximum absolute atomic E-state index is 10.4. The number of carbonyl (C=O) groups is 2. The minimum Gasteiger partial charge on any atom is -0.466 e. The molecule has 3 nitrogen and oxygen atoms in total. The normalized spacial score (nSPS) is 10.0. The highest BCUT2D eigenvalue weighted by atomic mass is 35.5. The number of ether oxygens (including phenoxy) is 1. The summed E-state index contributed by atoms with van der Waals surface area (Å²) in [5.41, 5.74) is 0. The number of unbranched alkanes of at least 4 members (excludes halogenated alkanes) is 5. The molecule has 0 aromatic rings. The van der Waals surface area contributed by atoms with Gasteiger partial charge in [0.05, 0.1) is 6.61 Å². The highest BCUT2D eigenvalue weighted by molar-refractivity contribution is 6.63. The lowest BCUT2D eigenvalue weighted by Gasteiger charge is -2.01. The Morgan fingerprint density at radius 2 is 1.53 bits per heavy atom. The molecule has 0 saturated heterocycles. The first-order valence-corrected chi connectivity index (χ1v) is 5.82. The number of esters is 1. The third kappa shape index (κ3) is 13.4. The van der Waals surface area contributed by atoms with E-state index in [0.29, 0.717) is 13.0 Å². The first kappa shape index (κ1) is 14.4. The van der Waals surface area contributed by atoms with Crippen molar-refractivity contribution in [3.8, 4) is 0 Å². The zero-order valence-corrected chi connectivity index (χ0v) is 10.0. The van der Waals surface area contributed by atoms with Crippen LogP contribution in [0.15, 0.2) is 0 Å². The number of rotatable bonds is 9. The van der Waals surface area contributed by atoms with Gasteiger partial charge < -0.3 is 4.74 Å². The molecule has 0 rings (SSSR count). The summed E-state index contributed by atoms with van der Waals surface area (Å²) in [4.78, 5) is 20.8. The van der Waals surface area contributed by atoms with Gasteiger partial charge in [-0.1, -0.05) is 25.7 Å². The molecule has 0 aromatic carbocycles. The van der Waals surface area contributed by atoms with Gasteiger partial charge in [-0.2, -0.15) is 0 Å². The van der Waals surface area contributed by atoms with E-state index in [4.69, 9.17) is 16.3 Å². The van der Waals surface area contributed by atoms with Gasteiger partial charge in [0.25, 0.3) is 0 Å². The highest BCUT2D eigenvalue weighted by Gasteiger charge is 1.96. The SMILES string of the molecule is CC(=O)OCCCCCCCCC(=O)Cl. The second kappa shape index (κ2) is 9.97. The van der Waals surface area contributed by atoms with E-state index < -0.39 is 0 Å². The third-order valence-corrected chi connectivity index (χ3v) is 2.26. The minimum absolute atomic E-state index is 0.212. The minimum atomic E-state index is -0.246. The lowest BCUT2D eigenvalue weighted by atomic mass is 10.1. The molecule has 0 saturated carbocycles. The first-order chi connectivity index (χ1) is 7.13. The molecule has 0 aliphatic heterocycles. The molecule has 0 aromatic heterocycles. The Balaban J connectivity index is 2.99. The number of hydrogen-bond acceptors (Lipinski definition) is 3. The molecule has 0 fully saturated rings. The molecule has 0 atom stereocenters. The fraction of sp³-hybridized carbons (Fsp3) is 0.818. The molecule has 0 aliphatic rings. The zero-order valence-electron chi connectivity index (χ0n) is 9.26. The average Bonchev–Trinajstić information content (AvgIpc) is 2.14. The maximum Gasteiger partial charge on any atom is 0.302 e. The van der Waals surface area contributed by atoms with Crippen molar-refractivity contribution in [3.05, 3.63) is 0 Å². The van der Waals surface area contributed by atoms with Gasteiger partial charge in [-0.3, -0.25) is 9.59 Å². The van der Waals surface area contributed by atoms with Crippen LogP contribution < -0.4 is 0 Å². The fourth-order valence-corrected chi connectivity index (χ4v) is 1.42. The predicted molar refractivity (Wildman–Crippen MR) is 59.8 cm³/mol. The molecule has 0 N–H and O–H groups in total. The molecular weight excluding hydrogens is 216 g/mol. The van der Waals surface area contributed by atoms with Crippen LogP contribution in [0, 0.1) is 0 Å². The van der Waals surface area contributed by atoms with Gasteiger partial charge in [0, 0.05) is 13.3 Å². The van der Waals surface area contributed by atoms with Crippen molar-refractivity contribution in [2.24, 2.45) is 0 Å². The summed E-state index contributed by atoms with van der Waals surface area (Å²) < 4.78 is 4.80. The van der Waals surface area contributed by atoms with Crippen LogP contribution in [0.25, 0.3) is 0 Å². The van der Waals surface area contributed by atoms with Crippen LogP contribution >= 0.6 is 11.6 Å². The van der Waals surface area contributed by atoms with Gasteiger partial charge in [0.15, 0.2) is 0 Å². The summed E-state index contributed by atoms with van der Waals surface area (Å²) in [7, 11) is 0. The van der Waals surface area contributed by atoms with Crippen molar-refractivity contribution in [1.82, 2.24) is 0 Å². The van der Waals surface area contributed by atoms with E-state index in [2.05, 4.69) is 0 Å². The van der Waals surface area contributed by atoms with E-state index in [-0.39, 0.29) is 11.2 Å². The van der Waals surface area contributed by atoms with E-state index in [0.717, 1.165) is 38.5 Å². The Morgan fingerprint density at radius 1 is 1.00 bits per heavy atom. The van der Waals surface area contributed by atoms with Crippen LogP contribution in [-0.2, 0) is 14.3 Å². The largest absolute Gasteiger partial charge is 0.466 e. The molecule has 0 amide bonds. The number of hydrogen-bond donors (Lipinski definition) is 0. The summed E-state index contributed by atoms with van der Waals surface area (Å²) >= 11 is 5.20. The van der Waals surface area contributed by atoms with E-state index in [1.54, 1.807) is 0 Å². The summed E-state index contributed by atoms with van der Waals surface area (Å²) in [5, 5.41) is -0.246. The van der Waals surface area contributed by atoms with E-state index in [9.17, 15) is 9.59 Å². The van der Waals surface area contributed by atoms with Crippen LogP contribution in [0.1, 0.15) is 51.9 Å². The Bertz CT molecular complexity index is 172. The maximum atomic E-state index is 10.4. The molecule has 15 heavy (non-hydrogen) atoms. The average molecular weight is 235 g/mol. The standard InChI is InChI=1S/C11H19ClO3/c1-10(13)15-9-7-5-3-2-4-6-8-11(12)14/h2-9H2,1H3. The molecule has 0 bridgehead atoms. The Hall–Kier alpha value is -0.570. The topological polar surface area (TPSA) is 43.4 Å². The van der Waals surface area contributed by atoms with Crippen LogP contribution in [0.3, 0.4) is 0 Å². The van der Waals surface area contributed by atoms with Crippen molar-refractivity contribution in [2.45, 2.75) is 51.9 Å². The Labute approximate surface area is 96.1 Å². The molecule has 0 radical (unpaired) electrons. The highest BCUT2D eigenvalue weighted by Crippen LogP contribution is 2.08. The third-order valence-electron chi connectivity index (χ3n) is 2.07. The summed E-state index contributed by atoms with van der Waals surface area (Å²) in [6.45, 7) is 1.94. The number of carbonyl (C=O) groups excluding carboxylic acids is 2. The van der Waals surface area contributed by atoms with Crippen LogP contribution in [0.2, 0.25) is 0 Å². The van der Waals surface area contributed by atoms with E-state index in [1.165, 1.54) is 6.92 Å². The smallest absolute Gasteiger partial charge is 0.302 e. The van der Waals surface area contributed by atoms with Gasteiger partial charge in [0.2, 0.25) is 5.24 Å². The van der Waals surface area contributed by atoms with Crippen molar-refractivity contribution in [3.63, 3.8) is 0 Å². The summed E-state index contributed by atoms with van der Waals surface area (Å²) in [5.74, 6) is -0.212. The first-order valence-electron chi connectivity index (χ1n) is 5.44. The van der Waals surface area contributed by atoms with Crippen molar-refractivity contribution >= 4 is 22.8 Å². The Kier molecular flexibility index (Phi) is 9.59. The molecule has 0 spiro atoms. The second-order valence-electron chi connectivity index (χ2n) is 3.57.